The molecule has 1 atom stereocenters. The highest BCUT2D eigenvalue weighted by Crippen LogP contribution is 2.56. The van der Waals surface area contributed by atoms with E-state index in [1.165, 1.54) is 18.4 Å². The van der Waals surface area contributed by atoms with Gasteiger partial charge in [0.15, 0.2) is 0 Å². The maximum absolute atomic E-state index is 12.8. The summed E-state index contributed by atoms with van der Waals surface area (Å²) in [6, 6.07) is 8.27. The predicted molar refractivity (Wildman–Crippen MR) is 127 cm³/mol. The number of nitrogens with one attached hydrogen (secondary N) is 1. The zero-order chi connectivity index (χ0) is 21.9. The van der Waals surface area contributed by atoms with Gasteiger partial charge in [-0.2, -0.15) is 4.98 Å². The fraction of sp³-hybridized carbons (Fsp3) is 0.583. The van der Waals surface area contributed by atoms with Crippen molar-refractivity contribution in [1.29, 1.82) is 0 Å². The van der Waals surface area contributed by atoms with Gasteiger partial charge in [-0.3, -0.25) is 4.21 Å². The fourth-order valence-electron chi connectivity index (χ4n) is 5.89. The number of aliphatic hydroxyl groups is 1. The molecular weight excluding hydrogens is 444 g/mol. The molecule has 3 fully saturated rings. The number of hydrogen-bond donors (Lipinski definition) is 2. The minimum atomic E-state index is -1.08. The topological polar surface area (TPSA) is 78.4 Å². The average molecular weight is 473 g/mol. The summed E-state index contributed by atoms with van der Waals surface area (Å²) in [5.74, 6) is 2.71. The molecule has 2 saturated carbocycles. The maximum Gasteiger partial charge on any atom is 0.227 e. The van der Waals surface area contributed by atoms with E-state index in [0.717, 1.165) is 66.8 Å². The number of halogens is 1. The summed E-state index contributed by atoms with van der Waals surface area (Å²) in [6.45, 7) is 2.03. The molecule has 2 aliphatic carbocycles. The second-order valence-electron chi connectivity index (χ2n) is 10.2. The van der Waals surface area contributed by atoms with Crippen molar-refractivity contribution in [3.63, 3.8) is 0 Å². The van der Waals surface area contributed by atoms with Crippen LogP contribution in [-0.2, 0) is 17.2 Å². The van der Waals surface area contributed by atoms with E-state index >= 15 is 0 Å². The van der Waals surface area contributed by atoms with Crippen molar-refractivity contribution in [3.05, 3.63) is 40.5 Å². The van der Waals surface area contributed by atoms with E-state index in [4.69, 9.17) is 21.6 Å². The third kappa shape index (κ3) is 3.44. The van der Waals surface area contributed by atoms with Crippen LogP contribution in [0, 0.1) is 5.41 Å². The van der Waals surface area contributed by atoms with E-state index in [2.05, 4.69) is 22.3 Å². The normalized spacial score (nSPS) is 25.4. The summed E-state index contributed by atoms with van der Waals surface area (Å²) in [6.07, 6.45) is 7.06. The van der Waals surface area contributed by atoms with Crippen LogP contribution in [0.1, 0.15) is 55.7 Å². The number of benzene rings is 1. The molecule has 2 aliphatic heterocycles. The number of fused-ring (bicyclic) bond motifs is 1. The Hall–Kier alpha value is -1.70. The number of hydrogen-bond acceptors (Lipinski definition) is 6. The van der Waals surface area contributed by atoms with E-state index in [-0.39, 0.29) is 12.1 Å². The van der Waals surface area contributed by atoms with E-state index in [1.807, 2.05) is 12.1 Å². The molecule has 3 heterocycles. The minimum Gasteiger partial charge on any atom is -0.394 e. The SMILES string of the molecule is O=[S@]1CCCc2nc(N3CC4(CC(c5ccc(Cl)cc5)C4)C3)nc(NC3(CO)CCC3)c21. The van der Waals surface area contributed by atoms with Crippen molar-refractivity contribution in [2.24, 2.45) is 5.41 Å². The Morgan fingerprint density at radius 1 is 1.16 bits per heavy atom. The van der Waals surface area contributed by atoms with Crippen molar-refractivity contribution in [1.82, 2.24) is 9.97 Å². The highest BCUT2D eigenvalue weighted by atomic mass is 35.5. The first-order valence-corrected chi connectivity index (χ1v) is 13.4. The quantitative estimate of drug-likeness (QED) is 0.687. The molecule has 32 heavy (non-hydrogen) atoms. The maximum atomic E-state index is 12.8. The van der Waals surface area contributed by atoms with Crippen molar-refractivity contribution < 1.29 is 9.32 Å². The molecule has 8 heteroatoms. The van der Waals surface area contributed by atoms with Crippen LogP contribution < -0.4 is 10.2 Å². The van der Waals surface area contributed by atoms with E-state index in [9.17, 15) is 9.32 Å². The molecule has 2 aromatic rings. The lowest BCUT2D eigenvalue weighted by Crippen LogP contribution is -2.62. The fourth-order valence-corrected chi connectivity index (χ4v) is 7.35. The molecule has 1 saturated heterocycles. The Labute approximate surface area is 196 Å². The second-order valence-corrected chi connectivity index (χ2v) is 12.2. The molecule has 0 amide bonds. The molecule has 170 valence electrons. The van der Waals surface area contributed by atoms with Crippen LogP contribution in [0.5, 0.6) is 0 Å². The first-order chi connectivity index (χ1) is 15.5. The molecule has 1 aromatic heterocycles. The summed E-state index contributed by atoms with van der Waals surface area (Å²) in [5.41, 5.74) is 2.34. The molecule has 6 rings (SSSR count). The standard InChI is InChI=1S/C24H29ClN4O2S/c25-18-6-4-16(5-7-18)17-11-23(12-17)13-29(14-23)22-26-19-3-1-10-32(31)20(19)21(27-22)28-24(15-30)8-2-9-24/h4-7,17,30H,1-3,8-15H2,(H,26,27,28)/t32-/m0/s1. The van der Waals surface area contributed by atoms with Crippen molar-refractivity contribution >= 4 is 34.2 Å². The number of nitrogens with zero attached hydrogens (tertiary/aromatic N) is 3. The summed E-state index contributed by atoms with van der Waals surface area (Å²) in [5, 5.41) is 14.2. The summed E-state index contributed by atoms with van der Waals surface area (Å²) >= 11 is 6.03. The lowest BCUT2D eigenvalue weighted by atomic mass is 9.56. The van der Waals surface area contributed by atoms with Gasteiger partial charge in [-0.15, -0.1) is 0 Å². The molecular formula is C24H29ClN4O2S. The smallest absolute Gasteiger partial charge is 0.227 e. The average Bonchev–Trinajstić information content (AvgIpc) is 2.70. The van der Waals surface area contributed by atoms with E-state index < -0.39 is 10.8 Å². The molecule has 1 aromatic carbocycles. The molecule has 2 N–H and O–H groups in total. The zero-order valence-corrected chi connectivity index (χ0v) is 19.7. The lowest BCUT2D eigenvalue weighted by Gasteiger charge is -2.59. The van der Waals surface area contributed by atoms with Crippen LogP contribution in [0.2, 0.25) is 5.02 Å². The van der Waals surface area contributed by atoms with Gasteiger partial charge in [0.05, 0.1) is 28.6 Å². The third-order valence-electron chi connectivity index (χ3n) is 7.93. The highest BCUT2D eigenvalue weighted by Gasteiger charge is 2.53. The monoisotopic (exact) mass is 472 g/mol. The summed E-state index contributed by atoms with van der Waals surface area (Å²) < 4.78 is 12.8. The summed E-state index contributed by atoms with van der Waals surface area (Å²) in [4.78, 5) is 12.8. The van der Waals surface area contributed by atoms with Gasteiger partial charge in [-0.25, -0.2) is 4.98 Å². The van der Waals surface area contributed by atoms with Gasteiger partial charge in [0.2, 0.25) is 5.95 Å². The van der Waals surface area contributed by atoms with Gasteiger partial charge in [-0.05, 0) is 68.6 Å². The van der Waals surface area contributed by atoms with Gasteiger partial charge >= 0.3 is 0 Å². The predicted octanol–water partition coefficient (Wildman–Crippen LogP) is 3.89. The first kappa shape index (κ1) is 20.9. The summed E-state index contributed by atoms with van der Waals surface area (Å²) in [7, 11) is -1.08. The number of aromatic nitrogens is 2. The molecule has 1 spiro atoms. The Kier molecular flexibility index (Phi) is 5.01. The van der Waals surface area contributed by atoms with E-state index in [1.54, 1.807) is 0 Å². The number of anilines is 2. The molecule has 6 nitrogen and oxygen atoms in total. The Bertz CT molecular complexity index is 1050. The van der Waals surface area contributed by atoms with Crippen LogP contribution in [0.15, 0.2) is 29.2 Å². The van der Waals surface area contributed by atoms with Crippen LogP contribution in [-0.4, -0.2) is 50.3 Å². The van der Waals surface area contributed by atoms with Crippen molar-refractivity contribution in [2.45, 2.75) is 61.3 Å². The van der Waals surface area contributed by atoms with Crippen LogP contribution in [0.3, 0.4) is 0 Å². The van der Waals surface area contributed by atoms with Crippen molar-refractivity contribution in [2.75, 3.05) is 35.7 Å². The van der Waals surface area contributed by atoms with Gasteiger partial charge in [-0.1, -0.05) is 23.7 Å². The van der Waals surface area contributed by atoms with Crippen LogP contribution in [0.4, 0.5) is 11.8 Å². The Balaban J connectivity index is 1.20. The van der Waals surface area contributed by atoms with Crippen LogP contribution >= 0.6 is 11.6 Å². The molecule has 0 radical (unpaired) electrons. The number of rotatable bonds is 5. The molecule has 4 aliphatic rings. The molecule has 0 bridgehead atoms. The van der Waals surface area contributed by atoms with Crippen molar-refractivity contribution in [3.8, 4) is 0 Å². The molecule has 0 unspecified atom stereocenters. The van der Waals surface area contributed by atoms with Gasteiger partial charge in [0.25, 0.3) is 0 Å². The first-order valence-electron chi connectivity index (χ1n) is 11.7. The Morgan fingerprint density at radius 3 is 2.56 bits per heavy atom. The second kappa shape index (κ2) is 7.67. The lowest BCUT2D eigenvalue weighted by molar-refractivity contribution is 0.0619. The Morgan fingerprint density at radius 2 is 1.91 bits per heavy atom. The van der Waals surface area contributed by atoms with Gasteiger partial charge in [0, 0.05) is 29.3 Å². The highest BCUT2D eigenvalue weighted by molar-refractivity contribution is 7.85. The van der Waals surface area contributed by atoms with E-state index in [0.29, 0.717) is 22.9 Å². The number of aliphatic hydroxyl groups excluding tert-OH is 1. The van der Waals surface area contributed by atoms with Crippen LogP contribution in [0.25, 0.3) is 0 Å². The van der Waals surface area contributed by atoms with Gasteiger partial charge < -0.3 is 15.3 Å². The zero-order valence-electron chi connectivity index (χ0n) is 18.1. The minimum absolute atomic E-state index is 0.0760. The largest absolute Gasteiger partial charge is 0.394 e. The third-order valence-corrected chi connectivity index (χ3v) is 9.72. The van der Waals surface area contributed by atoms with Gasteiger partial charge in [0.1, 0.15) is 10.7 Å². The number of aryl methyl sites for hydroxylation is 1.